The smallest absolute Gasteiger partial charge is 0.136 e. The van der Waals surface area contributed by atoms with Crippen LogP contribution in [0.1, 0.15) is 16.7 Å². The summed E-state index contributed by atoms with van der Waals surface area (Å²) in [5.74, 6) is 1.48. The molecular formula is C17H18N2O2. The third-order valence-corrected chi connectivity index (χ3v) is 3.28. The van der Waals surface area contributed by atoms with E-state index in [1.54, 1.807) is 20.3 Å². The molecule has 0 saturated heterocycles. The Hall–Kier alpha value is -2.67. The van der Waals surface area contributed by atoms with Crippen LogP contribution in [0.5, 0.6) is 11.5 Å². The Morgan fingerprint density at radius 1 is 1.05 bits per heavy atom. The predicted molar refractivity (Wildman–Crippen MR) is 82.8 cm³/mol. The van der Waals surface area contributed by atoms with E-state index in [9.17, 15) is 0 Å². The fourth-order valence-corrected chi connectivity index (χ4v) is 2.13. The SMILES string of the molecule is COc1ccc(NCc2ccc(C#N)c(OC)c2)cc1C. The number of nitrogens with zero attached hydrogens (tertiary/aromatic N) is 1. The summed E-state index contributed by atoms with van der Waals surface area (Å²) in [5, 5.41) is 12.3. The van der Waals surface area contributed by atoms with Gasteiger partial charge in [0, 0.05) is 12.2 Å². The number of benzene rings is 2. The van der Waals surface area contributed by atoms with Gasteiger partial charge in [0.15, 0.2) is 0 Å². The Kier molecular flexibility index (Phi) is 4.68. The van der Waals surface area contributed by atoms with E-state index in [4.69, 9.17) is 14.7 Å². The maximum absolute atomic E-state index is 8.97. The number of hydrogen-bond donors (Lipinski definition) is 1. The van der Waals surface area contributed by atoms with Crippen LogP contribution in [0.3, 0.4) is 0 Å². The highest BCUT2D eigenvalue weighted by atomic mass is 16.5. The van der Waals surface area contributed by atoms with Crippen LogP contribution in [0.25, 0.3) is 0 Å². The van der Waals surface area contributed by atoms with Crippen LogP contribution in [0, 0.1) is 18.3 Å². The zero-order chi connectivity index (χ0) is 15.2. The molecule has 21 heavy (non-hydrogen) atoms. The quantitative estimate of drug-likeness (QED) is 0.912. The Labute approximate surface area is 124 Å². The van der Waals surface area contributed by atoms with Crippen LogP contribution in [0.15, 0.2) is 36.4 Å². The molecule has 0 amide bonds. The van der Waals surface area contributed by atoms with Crippen molar-refractivity contribution >= 4 is 5.69 Å². The average Bonchev–Trinajstić information content (AvgIpc) is 2.52. The Bertz CT molecular complexity index is 675. The van der Waals surface area contributed by atoms with E-state index in [2.05, 4.69) is 11.4 Å². The number of ether oxygens (including phenoxy) is 2. The standard InChI is InChI=1S/C17H18N2O2/c1-12-8-15(6-7-16(12)20-2)19-11-13-4-5-14(10-18)17(9-13)21-3/h4-9,19H,11H2,1-3H3. The number of anilines is 1. The minimum atomic E-state index is 0.543. The third-order valence-electron chi connectivity index (χ3n) is 3.28. The Morgan fingerprint density at radius 2 is 1.81 bits per heavy atom. The van der Waals surface area contributed by atoms with Gasteiger partial charge in [-0.1, -0.05) is 6.07 Å². The molecule has 0 aliphatic heterocycles. The summed E-state index contributed by atoms with van der Waals surface area (Å²) in [5.41, 5.74) is 3.71. The van der Waals surface area contributed by atoms with Gasteiger partial charge >= 0.3 is 0 Å². The van der Waals surface area contributed by atoms with Crippen molar-refractivity contribution in [3.05, 3.63) is 53.1 Å². The molecule has 2 aromatic carbocycles. The minimum absolute atomic E-state index is 0.543. The van der Waals surface area contributed by atoms with E-state index in [1.165, 1.54) is 0 Å². The maximum atomic E-state index is 8.97. The number of rotatable bonds is 5. The first-order valence-corrected chi connectivity index (χ1v) is 6.63. The lowest BCUT2D eigenvalue weighted by Crippen LogP contribution is -2.01. The highest BCUT2D eigenvalue weighted by Crippen LogP contribution is 2.23. The average molecular weight is 282 g/mol. The number of methoxy groups -OCH3 is 2. The van der Waals surface area contributed by atoms with E-state index in [1.807, 2.05) is 37.3 Å². The van der Waals surface area contributed by atoms with E-state index < -0.39 is 0 Å². The Balaban J connectivity index is 2.10. The van der Waals surface area contributed by atoms with Crippen LogP contribution in [0.2, 0.25) is 0 Å². The van der Waals surface area contributed by atoms with Gasteiger partial charge in [-0.15, -0.1) is 0 Å². The maximum Gasteiger partial charge on any atom is 0.136 e. The van der Waals surface area contributed by atoms with Crippen molar-refractivity contribution in [3.8, 4) is 17.6 Å². The fourth-order valence-electron chi connectivity index (χ4n) is 2.13. The van der Waals surface area contributed by atoms with Crippen LogP contribution in [0.4, 0.5) is 5.69 Å². The van der Waals surface area contributed by atoms with Gasteiger partial charge in [0.2, 0.25) is 0 Å². The zero-order valence-corrected chi connectivity index (χ0v) is 12.4. The van der Waals surface area contributed by atoms with Gasteiger partial charge < -0.3 is 14.8 Å². The molecule has 0 atom stereocenters. The lowest BCUT2D eigenvalue weighted by Gasteiger charge is -2.11. The van der Waals surface area contributed by atoms with E-state index in [-0.39, 0.29) is 0 Å². The van der Waals surface area contributed by atoms with Gasteiger partial charge in [-0.05, 0) is 48.4 Å². The first kappa shape index (κ1) is 14.7. The van der Waals surface area contributed by atoms with Gasteiger partial charge in [-0.3, -0.25) is 0 Å². The first-order valence-electron chi connectivity index (χ1n) is 6.63. The lowest BCUT2D eigenvalue weighted by atomic mass is 10.1. The van der Waals surface area contributed by atoms with E-state index in [0.717, 1.165) is 22.6 Å². The van der Waals surface area contributed by atoms with Crippen molar-refractivity contribution in [2.24, 2.45) is 0 Å². The molecule has 0 aromatic heterocycles. The molecule has 0 aliphatic rings. The normalized spacial score (nSPS) is 9.81. The number of nitriles is 1. The molecule has 2 aromatic rings. The summed E-state index contributed by atoms with van der Waals surface area (Å²) in [4.78, 5) is 0. The van der Waals surface area contributed by atoms with Crippen LogP contribution >= 0.6 is 0 Å². The predicted octanol–water partition coefficient (Wildman–Crippen LogP) is 3.50. The number of hydrogen-bond acceptors (Lipinski definition) is 4. The van der Waals surface area contributed by atoms with Gasteiger partial charge in [0.1, 0.15) is 17.6 Å². The van der Waals surface area contributed by atoms with Crippen LogP contribution in [-0.4, -0.2) is 14.2 Å². The molecule has 0 radical (unpaired) electrons. The lowest BCUT2D eigenvalue weighted by molar-refractivity contribution is 0.412. The topological polar surface area (TPSA) is 54.3 Å². The fraction of sp³-hybridized carbons (Fsp3) is 0.235. The highest BCUT2D eigenvalue weighted by molar-refractivity contribution is 5.52. The summed E-state index contributed by atoms with van der Waals surface area (Å²) < 4.78 is 10.5. The molecule has 0 spiro atoms. The van der Waals surface area contributed by atoms with Crippen LogP contribution in [-0.2, 0) is 6.54 Å². The summed E-state index contributed by atoms with van der Waals surface area (Å²) >= 11 is 0. The number of aryl methyl sites for hydroxylation is 1. The summed E-state index contributed by atoms with van der Waals surface area (Å²) in [6.45, 7) is 2.67. The molecule has 0 fully saturated rings. The molecule has 4 nitrogen and oxygen atoms in total. The van der Waals surface area contributed by atoms with Crippen LogP contribution < -0.4 is 14.8 Å². The molecule has 0 saturated carbocycles. The van der Waals surface area contributed by atoms with Crippen molar-refractivity contribution in [3.63, 3.8) is 0 Å². The molecule has 0 aliphatic carbocycles. The molecule has 0 heterocycles. The summed E-state index contributed by atoms with van der Waals surface area (Å²) in [7, 11) is 3.23. The highest BCUT2D eigenvalue weighted by Gasteiger charge is 2.04. The van der Waals surface area contributed by atoms with Gasteiger partial charge in [0.05, 0.1) is 19.8 Å². The minimum Gasteiger partial charge on any atom is -0.496 e. The zero-order valence-electron chi connectivity index (χ0n) is 12.4. The van der Waals surface area contributed by atoms with E-state index in [0.29, 0.717) is 17.9 Å². The number of nitrogens with one attached hydrogen (secondary N) is 1. The molecular weight excluding hydrogens is 264 g/mol. The molecule has 2 rings (SSSR count). The van der Waals surface area contributed by atoms with Crippen molar-refractivity contribution in [1.29, 1.82) is 5.26 Å². The third kappa shape index (κ3) is 3.46. The van der Waals surface area contributed by atoms with Gasteiger partial charge in [-0.2, -0.15) is 5.26 Å². The molecule has 108 valence electrons. The van der Waals surface area contributed by atoms with Gasteiger partial charge in [0.25, 0.3) is 0 Å². The molecule has 0 unspecified atom stereocenters. The van der Waals surface area contributed by atoms with Crippen molar-refractivity contribution < 1.29 is 9.47 Å². The molecule has 4 heteroatoms. The van der Waals surface area contributed by atoms with Crippen molar-refractivity contribution in [1.82, 2.24) is 0 Å². The van der Waals surface area contributed by atoms with Gasteiger partial charge in [-0.25, -0.2) is 0 Å². The largest absolute Gasteiger partial charge is 0.496 e. The second kappa shape index (κ2) is 6.67. The molecule has 1 N–H and O–H groups in total. The second-order valence-electron chi connectivity index (χ2n) is 4.68. The molecule has 0 bridgehead atoms. The second-order valence-corrected chi connectivity index (χ2v) is 4.68. The van der Waals surface area contributed by atoms with Crippen molar-refractivity contribution in [2.75, 3.05) is 19.5 Å². The Morgan fingerprint density at radius 3 is 2.43 bits per heavy atom. The van der Waals surface area contributed by atoms with Crippen molar-refractivity contribution in [2.45, 2.75) is 13.5 Å². The first-order chi connectivity index (χ1) is 10.2. The monoisotopic (exact) mass is 282 g/mol. The van der Waals surface area contributed by atoms with E-state index >= 15 is 0 Å². The summed E-state index contributed by atoms with van der Waals surface area (Å²) in [6, 6.07) is 13.6. The summed E-state index contributed by atoms with van der Waals surface area (Å²) in [6.07, 6.45) is 0.